The first-order chi connectivity index (χ1) is 13.5. The van der Waals surface area contributed by atoms with Gasteiger partial charge >= 0.3 is 0 Å². The molecule has 0 amide bonds. The fourth-order valence-corrected chi connectivity index (χ4v) is 3.27. The van der Waals surface area contributed by atoms with Crippen LogP contribution in [0.15, 0.2) is 27.5 Å². The predicted molar refractivity (Wildman–Crippen MR) is 104 cm³/mol. The third-order valence-corrected chi connectivity index (χ3v) is 4.68. The number of H-pyrrole nitrogens is 1. The van der Waals surface area contributed by atoms with Gasteiger partial charge in [0.1, 0.15) is 34.8 Å². The summed E-state index contributed by atoms with van der Waals surface area (Å²) in [6.45, 7) is 1.59. The number of halogens is 1. The van der Waals surface area contributed by atoms with Crippen LogP contribution in [-0.2, 0) is 9.47 Å². The molecule has 2 aromatic rings. The van der Waals surface area contributed by atoms with E-state index in [9.17, 15) is 15.3 Å². The highest BCUT2D eigenvalue weighted by atomic mass is 79.9. The second kappa shape index (κ2) is 8.89. The van der Waals surface area contributed by atoms with Gasteiger partial charge in [-0.15, -0.1) is 0 Å². The van der Waals surface area contributed by atoms with Gasteiger partial charge in [-0.05, 0) is 24.6 Å². The van der Waals surface area contributed by atoms with E-state index in [1.807, 2.05) is 12.1 Å². The van der Waals surface area contributed by atoms with E-state index in [-0.39, 0.29) is 28.8 Å². The van der Waals surface area contributed by atoms with Crippen molar-refractivity contribution in [2.75, 3.05) is 25.6 Å². The Morgan fingerprint density at radius 2 is 1.96 bits per heavy atom. The minimum atomic E-state index is -0.663. The van der Waals surface area contributed by atoms with Crippen LogP contribution < -0.4 is 16.0 Å². The number of nitriles is 2. The number of ether oxygens (including phenoxy) is 3. The van der Waals surface area contributed by atoms with E-state index in [1.54, 1.807) is 18.2 Å². The van der Waals surface area contributed by atoms with Crippen LogP contribution in [0, 0.1) is 22.7 Å². The average molecular weight is 445 g/mol. The van der Waals surface area contributed by atoms with Crippen LogP contribution in [0.4, 0.5) is 5.82 Å². The van der Waals surface area contributed by atoms with Crippen molar-refractivity contribution in [3.63, 3.8) is 0 Å². The normalized spacial score (nSPS) is 14.2. The van der Waals surface area contributed by atoms with Gasteiger partial charge in [-0.3, -0.25) is 4.79 Å². The van der Waals surface area contributed by atoms with E-state index in [4.69, 9.17) is 19.9 Å². The number of nitrogens with one attached hydrogen (secondary N) is 1. The highest BCUT2D eigenvalue weighted by Gasteiger charge is 2.22. The number of nitrogen functional groups attached to an aromatic ring is 1. The lowest BCUT2D eigenvalue weighted by molar-refractivity contribution is -0.183. The van der Waals surface area contributed by atoms with Gasteiger partial charge in [0.25, 0.3) is 5.56 Å². The third-order valence-electron chi connectivity index (χ3n) is 4.19. The molecule has 3 N–H and O–H groups in total. The summed E-state index contributed by atoms with van der Waals surface area (Å²) in [5.41, 5.74) is 5.52. The highest BCUT2D eigenvalue weighted by Crippen LogP contribution is 2.37. The summed E-state index contributed by atoms with van der Waals surface area (Å²) in [4.78, 5) is 14.5. The molecule has 0 unspecified atom stereocenters. The van der Waals surface area contributed by atoms with Gasteiger partial charge in [0.05, 0.1) is 19.8 Å². The number of anilines is 1. The second-order valence-corrected chi connectivity index (χ2v) is 6.93. The Hall–Kier alpha value is -2.85. The number of aromatic nitrogens is 1. The van der Waals surface area contributed by atoms with Crippen molar-refractivity contribution in [1.82, 2.24) is 4.98 Å². The summed E-state index contributed by atoms with van der Waals surface area (Å²) in [7, 11) is 0. The van der Waals surface area contributed by atoms with Crippen LogP contribution in [0.2, 0.25) is 0 Å². The standard InChI is InChI=1S/C19H17BrN4O4/c20-11-2-3-15(26-7-4-16-27-5-1-6-28-16)12(8-11)17-13(9-21)18(23)24-19(25)14(17)10-22/h2-3,8,16H,1,4-7H2,(H3,23,24,25). The fraction of sp³-hybridized carbons (Fsp3) is 0.316. The maximum absolute atomic E-state index is 12.2. The molecule has 9 heteroatoms. The fourth-order valence-electron chi connectivity index (χ4n) is 2.90. The maximum Gasteiger partial charge on any atom is 0.268 e. The monoisotopic (exact) mass is 444 g/mol. The van der Waals surface area contributed by atoms with E-state index < -0.39 is 5.56 Å². The molecule has 0 bridgehead atoms. The van der Waals surface area contributed by atoms with Crippen LogP contribution in [0.3, 0.4) is 0 Å². The number of aromatic amines is 1. The summed E-state index contributed by atoms with van der Waals surface area (Å²) in [5, 5.41) is 19.0. The van der Waals surface area contributed by atoms with E-state index in [0.29, 0.717) is 42.0 Å². The molecule has 0 aliphatic carbocycles. The Balaban J connectivity index is 1.99. The predicted octanol–water partition coefficient (Wildman–Crippen LogP) is 2.66. The SMILES string of the molecule is N#Cc1c(N)[nH]c(=O)c(C#N)c1-c1cc(Br)ccc1OCCC1OCCCO1. The first-order valence-corrected chi connectivity index (χ1v) is 9.36. The molecule has 0 radical (unpaired) electrons. The van der Waals surface area contributed by atoms with Gasteiger partial charge in [-0.1, -0.05) is 15.9 Å². The molecule has 0 atom stereocenters. The Morgan fingerprint density at radius 3 is 2.64 bits per heavy atom. The maximum atomic E-state index is 12.2. The summed E-state index contributed by atoms with van der Waals surface area (Å²) >= 11 is 3.38. The summed E-state index contributed by atoms with van der Waals surface area (Å²) in [5.74, 6) is 0.313. The molecule has 28 heavy (non-hydrogen) atoms. The van der Waals surface area contributed by atoms with Crippen LogP contribution in [0.5, 0.6) is 5.75 Å². The van der Waals surface area contributed by atoms with Gasteiger partial charge in [0.2, 0.25) is 0 Å². The zero-order valence-corrected chi connectivity index (χ0v) is 16.4. The summed E-state index contributed by atoms with van der Waals surface area (Å²) in [6.07, 6.45) is 1.06. The molecule has 1 aromatic heterocycles. The topological polar surface area (TPSA) is 134 Å². The number of pyridine rings is 1. The van der Waals surface area contributed by atoms with Crippen LogP contribution in [0.1, 0.15) is 24.0 Å². The van der Waals surface area contributed by atoms with Crippen molar-refractivity contribution in [3.8, 4) is 29.0 Å². The Kier molecular flexibility index (Phi) is 6.32. The second-order valence-electron chi connectivity index (χ2n) is 6.02. The number of nitrogens with two attached hydrogens (primary N) is 1. The molecule has 1 fully saturated rings. The molecule has 1 aromatic carbocycles. The lowest BCUT2D eigenvalue weighted by Crippen LogP contribution is -2.26. The van der Waals surface area contributed by atoms with E-state index in [2.05, 4.69) is 20.9 Å². The average Bonchev–Trinajstić information content (AvgIpc) is 2.69. The van der Waals surface area contributed by atoms with Gasteiger partial charge in [0.15, 0.2) is 6.29 Å². The van der Waals surface area contributed by atoms with Gasteiger partial charge in [-0.25, -0.2) is 0 Å². The van der Waals surface area contributed by atoms with Crippen molar-refractivity contribution in [1.29, 1.82) is 10.5 Å². The molecule has 1 aliphatic heterocycles. The Bertz CT molecular complexity index is 1020. The van der Waals surface area contributed by atoms with Crippen LogP contribution in [0.25, 0.3) is 11.1 Å². The number of benzene rings is 1. The van der Waals surface area contributed by atoms with E-state index >= 15 is 0 Å². The molecule has 8 nitrogen and oxygen atoms in total. The third kappa shape index (κ3) is 4.18. The van der Waals surface area contributed by atoms with Gasteiger partial charge < -0.3 is 24.9 Å². The minimum Gasteiger partial charge on any atom is -0.493 e. The van der Waals surface area contributed by atoms with Crippen molar-refractivity contribution in [3.05, 3.63) is 44.2 Å². The lowest BCUT2D eigenvalue weighted by Gasteiger charge is -2.23. The highest BCUT2D eigenvalue weighted by molar-refractivity contribution is 9.10. The molecular weight excluding hydrogens is 428 g/mol. The quantitative estimate of drug-likeness (QED) is 0.723. The molecule has 3 rings (SSSR count). The first-order valence-electron chi connectivity index (χ1n) is 8.57. The lowest BCUT2D eigenvalue weighted by atomic mass is 9.96. The van der Waals surface area contributed by atoms with Gasteiger partial charge in [0, 0.05) is 22.0 Å². The zero-order chi connectivity index (χ0) is 20.1. The Morgan fingerprint density at radius 1 is 1.25 bits per heavy atom. The van der Waals surface area contributed by atoms with Crippen molar-refractivity contribution in [2.45, 2.75) is 19.1 Å². The van der Waals surface area contributed by atoms with Gasteiger partial charge in [-0.2, -0.15) is 10.5 Å². The molecule has 2 heterocycles. The summed E-state index contributed by atoms with van der Waals surface area (Å²) in [6, 6.07) is 8.96. The van der Waals surface area contributed by atoms with Crippen LogP contribution >= 0.6 is 15.9 Å². The molecule has 144 valence electrons. The molecule has 1 saturated heterocycles. The van der Waals surface area contributed by atoms with E-state index in [0.717, 1.165) is 6.42 Å². The molecule has 0 saturated carbocycles. The smallest absolute Gasteiger partial charge is 0.268 e. The summed E-state index contributed by atoms with van der Waals surface area (Å²) < 4.78 is 17.6. The van der Waals surface area contributed by atoms with Crippen LogP contribution in [-0.4, -0.2) is 31.1 Å². The molecule has 1 aliphatic rings. The molecular formula is C19H17BrN4O4. The van der Waals surface area contributed by atoms with Crippen molar-refractivity contribution >= 4 is 21.7 Å². The minimum absolute atomic E-state index is 0.0121. The van der Waals surface area contributed by atoms with Crippen molar-refractivity contribution < 1.29 is 14.2 Å². The zero-order valence-electron chi connectivity index (χ0n) is 14.8. The van der Waals surface area contributed by atoms with Crippen molar-refractivity contribution in [2.24, 2.45) is 0 Å². The first kappa shape index (κ1) is 19.9. The number of rotatable bonds is 5. The van der Waals surface area contributed by atoms with E-state index in [1.165, 1.54) is 0 Å². The number of hydrogen-bond donors (Lipinski definition) is 2. The largest absolute Gasteiger partial charge is 0.493 e. The number of nitrogens with zero attached hydrogens (tertiary/aromatic N) is 2. The number of hydrogen-bond acceptors (Lipinski definition) is 7. The Labute approximate surface area is 169 Å². The molecule has 0 spiro atoms.